The number of benzene rings is 9. The Morgan fingerprint density at radius 2 is 0.397 bits per heavy atom. The lowest BCUT2D eigenvalue weighted by Gasteiger charge is -2.12. The standard InChI is InChI=1S/C57H36N6/c1-7-19-37(20-8-1)43-31-34-46(40-25-13-4-14-26-40)52-49(43)58-55-61(52)56-59-51-45(39-23-11-3-12-24-39)33-36-48(42-29-17-6-18-30-42)54(51)63(56)57-60-50-44(38-21-9-2-10-22-38)32-35-47(53(50)62(55)57)41-27-15-5-16-28-41/h1-36H. The first-order valence-corrected chi connectivity index (χ1v) is 21.3. The first-order valence-electron chi connectivity index (χ1n) is 21.3. The SMILES string of the molecule is c1ccc(-c2ccc(-c3ccccc3)c3c2nc2n3c3nc4c(-c5ccccc5)ccc(-c5ccccc5)c4n3c3nc4c(-c5ccccc5)ccc(-c5ccccc5)c4n23)cc1. The number of imidazole rings is 3. The summed E-state index contributed by atoms with van der Waals surface area (Å²) in [4.78, 5) is 17.3. The van der Waals surface area contributed by atoms with E-state index < -0.39 is 0 Å². The molecule has 0 bridgehead atoms. The summed E-state index contributed by atoms with van der Waals surface area (Å²) in [5.41, 5.74) is 18.5. The van der Waals surface area contributed by atoms with E-state index in [1.54, 1.807) is 0 Å². The van der Waals surface area contributed by atoms with E-state index in [4.69, 9.17) is 15.0 Å². The molecule has 0 atom stereocenters. The van der Waals surface area contributed by atoms with E-state index in [1.807, 2.05) is 0 Å². The van der Waals surface area contributed by atoms with Crippen LogP contribution in [0.3, 0.4) is 0 Å². The van der Waals surface area contributed by atoms with Crippen LogP contribution in [0.25, 0.3) is 117 Å². The number of nitrogens with zero attached hydrogens (tertiary/aromatic N) is 6. The molecule has 0 radical (unpaired) electrons. The summed E-state index contributed by atoms with van der Waals surface area (Å²) < 4.78 is 6.89. The van der Waals surface area contributed by atoms with E-state index >= 15 is 0 Å². The normalized spacial score (nSPS) is 11.8. The van der Waals surface area contributed by atoms with Gasteiger partial charge in [0.05, 0.1) is 33.1 Å². The number of rotatable bonds is 6. The smallest absolute Gasteiger partial charge is 0.225 e. The second kappa shape index (κ2) is 14.0. The Labute approximate surface area is 362 Å². The Bertz CT molecular complexity index is 3420. The molecule has 6 nitrogen and oxygen atoms in total. The van der Waals surface area contributed by atoms with E-state index in [0.717, 1.165) is 117 Å². The van der Waals surface area contributed by atoms with E-state index in [0.29, 0.717) is 0 Å². The van der Waals surface area contributed by atoms with Crippen LogP contribution in [0.1, 0.15) is 0 Å². The maximum absolute atomic E-state index is 5.78. The quantitative estimate of drug-likeness (QED) is 0.168. The third-order valence-corrected chi connectivity index (χ3v) is 12.5. The fourth-order valence-electron chi connectivity index (χ4n) is 9.63. The monoisotopic (exact) mass is 804 g/mol. The molecule has 9 aromatic carbocycles. The molecule has 6 heteroatoms. The van der Waals surface area contributed by atoms with Gasteiger partial charge in [0.2, 0.25) is 17.3 Å². The van der Waals surface area contributed by atoms with Gasteiger partial charge in [0.25, 0.3) is 0 Å². The zero-order chi connectivity index (χ0) is 41.4. The molecule has 0 aliphatic heterocycles. The molecule has 13 rings (SSSR count). The molecule has 0 saturated heterocycles. The van der Waals surface area contributed by atoms with Gasteiger partial charge in [-0.2, -0.15) is 0 Å². The van der Waals surface area contributed by atoms with Crippen LogP contribution >= 0.6 is 0 Å². The zero-order valence-corrected chi connectivity index (χ0v) is 34.0. The van der Waals surface area contributed by atoms with Crippen molar-refractivity contribution in [3.05, 3.63) is 218 Å². The first kappa shape index (κ1) is 35.2. The second-order valence-corrected chi connectivity index (χ2v) is 16.0. The van der Waals surface area contributed by atoms with Crippen LogP contribution in [-0.2, 0) is 0 Å². The summed E-state index contributed by atoms with van der Waals surface area (Å²) in [6.07, 6.45) is 0. The zero-order valence-electron chi connectivity index (χ0n) is 34.0. The highest BCUT2D eigenvalue weighted by atomic mass is 15.3. The molecular formula is C57H36N6. The molecular weight excluding hydrogens is 769 g/mol. The molecule has 0 aliphatic carbocycles. The van der Waals surface area contributed by atoms with Crippen molar-refractivity contribution >= 4 is 50.4 Å². The summed E-state index contributed by atoms with van der Waals surface area (Å²) >= 11 is 0. The average molecular weight is 805 g/mol. The van der Waals surface area contributed by atoms with Gasteiger partial charge in [0.1, 0.15) is 0 Å². The highest BCUT2D eigenvalue weighted by molar-refractivity contribution is 6.09. The molecule has 63 heavy (non-hydrogen) atoms. The summed E-state index contributed by atoms with van der Waals surface area (Å²) in [7, 11) is 0. The Morgan fingerprint density at radius 3 is 0.619 bits per heavy atom. The summed E-state index contributed by atoms with van der Waals surface area (Å²) in [6, 6.07) is 77.1. The number of aromatic nitrogens is 6. The molecule has 0 unspecified atom stereocenters. The molecule has 0 N–H and O–H groups in total. The van der Waals surface area contributed by atoms with Crippen LogP contribution in [0.4, 0.5) is 0 Å². The minimum atomic E-state index is 0.732. The number of fused-ring (bicyclic) bond motifs is 12. The van der Waals surface area contributed by atoms with Crippen LogP contribution in [0.2, 0.25) is 0 Å². The predicted molar refractivity (Wildman–Crippen MR) is 258 cm³/mol. The molecule has 13 aromatic rings. The summed E-state index contributed by atoms with van der Waals surface area (Å²) in [5.74, 6) is 2.20. The topological polar surface area (TPSA) is 51.9 Å². The Kier molecular flexibility index (Phi) is 7.80. The third-order valence-electron chi connectivity index (χ3n) is 12.5. The molecule has 0 fully saturated rings. The average Bonchev–Trinajstić information content (AvgIpc) is 4.08. The van der Waals surface area contributed by atoms with Gasteiger partial charge in [0.15, 0.2) is 0 Å². The fourth-order valence-corrected chi connectivity index (χ4v) is 9.63. The van der Waals surface area contributed by atoms with Gasteiger partial charge in [-0.3, -0.25) is 0 Å². The van der Waals surface area contributed by atoms with Crippen LogP contribution in [-0.4, -0.2) is 28.2 Å². The van der Waals surface area contributed by atoms with Crippen LogP contribution < -0.4 is 0 Å². The summed E-state index contributed by atoms with van der Waals surface area (Å²) in [6.45, 7) is 0. The van der Waals surface area contributed by atoms with Crippen LogP contribution in [0.5, 0.6) is 0 Å². The fraction of sp³-hybridized carbons (Fsp3) is 0. The van der Waals surface area contributed by atoms with Gasteiger partial charge in [-0.1, -0.05) is 218 Å². The lowest BCUT2D eigenvalue weighted by molar-refractivity contribution is 1.02. The van der Waals surface area contributed by atoms with E-state index in [9.17, 15) is 0 Å². The van der Waals surface area contributed by atoms with Gasteiger partial charge >= 0.3 is 0 Å². The van der Waals surface area contributed by atoms with Crippen LogP contribution in [0.15, 0.2) is 218 Å². The maximum atomic E-state index is 5.78. The maximum Gasteiger partial charge on any atom is 0.225 e. The van der Waals surface area contributed by atoms with E-state index in [2.05, 4.69) is 232 Å². The van der Waals surface area contributed by atoms with E-state index in [1.165, 1.54) is 0 Å². The molecule has 4 aromatic heterocycles. The Balaban J connectivity index is 1.34. The minimum Gasteiger partial charge on any atom is -0.246 e. The van der Waals surface area contributed by atoms with Gasteiger partial charge in [0, 0.05) is 33.4 Å². The van der Waals surface area contributed by atoms with Crippen molar-refractivity contribution in [1.82, 2.24) is 28.2 Å². The lowest BCUT2D eigenvalue weighted by Crippen LogP contribution is -2.05. The molecule has 0 amide bonds. The van der Waals surface area contributed by atoms with E-state index in [-0.39, 0.29) is 0 Å². The Hall–Kier alpha value is -8.61. The minimum absolute atomic E-state index is 0.732. The predicted octanol–water partition coefficient (Wildman–Crippen LogP) is 14.1. The van der Waals surface area contributed by atoms with Crippen molar-refractivity contribution in [2.75, 3.05) is 0 Å². The van der Waals surface area contributed by atoms with Crippen molar-refractivity contribution in [1.29, 1.82) is 0 Å². The molecule has 294 valence electrons. The molecule has 0 saturated carbocycles. The largest absolute Gasteiger partial charge is 0.246 e. The number of hydrogen-bond acceptors (Lipinski definition) is 3. The third kappa shape index (κ3) is 5.35. The van der Waals surface area contributed by atoms with Crippen molar-refractivity contribution in [3.8, 4) is 66.8 Å². The van der Waals surface area contributed by atoms with Crippen molar-refractivity contribution in [3.63, 3.8) is 0 Å². The van der Waals surface area contributed by atoms with Gasteiger partial charge in [-0.15, -0.1) is 0 Å². The number of hydrogen-bond donors (Lipinski definition) is 0. The van der Waals surface area contributed by atoms with Gasteiger partial charge < -0.3 is 0 Å². The molecule has 0 aliphatic rings. The summed E-state index contributed by atoms with van der Waals surface area (Å²) in [5, 5.41) is 0. The highest BCUT2D eigenvalue weighted by Crippen LogP contribution is 2.43. The highest BCUT2D eigenvalue weighted by Gasteiger charge is 2.28. The van der Waals surface area contributed by atoms with Gasteiger partial charge in [-0.05, 0) is 33.4 Å². The van der Waals surface area contributed by atoms with Gasteiger partial charge in [-0.25, -0.2) is 28.2 Å². The molecule has 0 spiro atoms. The van der Waals surface area contributed by atoms with Crippen molar-refractivity contribution in [2.45, 2.75) is 0 Å². The Morgan fingerprint density at radius 1 is 0.206 bits per heavy atom. The first-order chi connectivity index (χ1) is 31.3. The second-order valence-electron chi connectivity index (χ2n) is 16.0. The lowest BCUT2D eigenvalue weighted by atomic mass is 9.98. The van der Waals surface area contributed by atoms with Crippen molar-refractivity contribution < 1.29 is 0 Å². The van der Waals surface area contributed by atoms with Crippen molar-refractivity contribution in [2.24, 2.45) is 0 Å². The van der Waals surface area contributed by atoms with Crippen LogP contribution in [0, 0.1) is 0 Å². The molecule has 4 heterocycles.